The number of halogens is 2. The average Bonchev–Trinajstić information content (AvgIpc) is 2.81. The fraction of sp³-hybridized carbons (Fsp3) is 0.333. The van der Waals surface area contributed by atoms with Crippen LogP contribution in [0.2, 0.25) is 10.0 Å². The molecule has 0 saturated carbocycles. The molecular weight excluding hydrogens is 489 g/mol. The first kappa shape index (κ1) is 24.9. The molecule has 2 aliphatic rings. The molecule has 0 amide bonds. The minimum absolute atomic E-state index is 0.0259. The molecule has 1 aliphatic heterocycles. The standard InChI is InChI=1S/C27H27Cl2NO3S/c1-3-34-12-11-33-27(32)24-16(2)30-22-14-19(17-7-9-20(28)10-8-17)15-23(31)26(22)25(24)18-5-4-6-21(29)13-18/h4-10,13,19,25,30H,3,11-12,14-15H2,1-2H3/t19-,25+/m1/s1. The van der Waals surface area contributed by atoms with Gasteiger partial charge in [0.1, 0.15) is 6.61 Å². The second-order valence-electron chi connectivity index (χ2n) is 8.46. The first-order valence-electron chi connectivity index (χ1n) is 11.4. The number of rotatable bonds is 7. The maximum atomic E-state index is 13.6. The molecule has 0 saturated heterocycles. The molecule has 4 rings (SSSR count). The van der Waals surface area contributed by atoms with Crippen LogP contribution in [0.25, 0.3) is 0 Å². The lowest BCUT2D eigenvalue weighted by Gasteiger charge is -2.36. The highest BCUT2D eigenvalue weighted by atomic mass is 35.5. The molecule has 2 atom stereocenters. The predicted molar refractivity (Wildman–Crippen MR) is 139 cm³/mol. The topological polar surface area (TPSA) is 55.4 Å². The van der Waals surface area contributed by atoms with Crippen molar-refractivity contribution in [3.63, 3.8) is 0 Å². The third-order valence-electron chi connectivity index (χ3n) is 6.24. The second kappa shape index (κ2) is 11.0. The van der Waals surface area contributed by atoms with Crippen LogP contribution < -0.4 is 5.32 Å². The van der Waals surface area contributed by atoms with E-state index in [0.717, 1.165) is 28.3 Å². The van der Waals surface area contributed by atoms with Gasteiger partial charge < -0.3 is 10.1 Å². The van der Waals surface area contributed by atoms with Crippen molar-refractivity contribution < 1.29 is 14.3 Å². The zero-order valence-corrected chi connectivity index (χ0v) is 21.5. The molecule has 0 aromatic heterocycles. The van der Waals surface area contributed by atoms with Gasteiger partial charge in [-0.2, -0.15) is 11.8 Å². The number of hydrogen-bond acceptors (Lipinski definition) is 5. The monoisotopic (exact) mass is 515 g/mol. The van der Waals surface area contributed by atoms with E-state index in [-0.39, 0.29) is 11.7 Å². The molecule has 0 spiro atoms. The molecule has 7 heteroatoms. The summed E-state index contributed by atoms with van der Waals surface area (Å²) in [6.07, 6.45) is 1.04. The minimum Gasteiger partial charge on any atom is -0.461 e. The van der Waals surface area contributed by atoms with Crippen molar-refractivity contribution in [2.45, 2.75) is 38.5 Å². The molecular formula is C27H27Cl2NO3S. The number of hydrogen-bond donors (Lipinski definition) is 1. The molecule has 1 heterocycles. The number of dihydropyridines is 1. The van der Waals surface area contributed by atoms with Crippen LogP contribution in [0.5, 0.6) is 0 Å². The number of esters is 1. The van der Waals surface area contributed by atoms with Crippen LogP contribution in [0.3, 0.4) is 0 Å². The van der Waals surface area contributed by atoms with Crippen molar-refractivity contribution in [1.29, 1.82) is 0 Å². The van der Waals surface area contributed by atoms with Gasteiger partial charge in [0.05, 0.1) is 5.57 Å². The Morgan fingerprint density at radius 2 is 1.85 bits per heavy atom. The van der Waals surface area contributed by atoms with E-state index in [1.807, 2.05) is 49.4 Å². The lowest BCUT2D eigenvalue weighted by atomic mass is 9.72. The summed E-state index contributed by atoms with van der Waals surface area (Å²) in [5.74, 6) is 0.859. The van der Waals surface area contributed by atoms with Gasteiger partial charge in [-0.15, -0.1) is 0 Å². The van der Waals surface area contributed by atoms with Crippen molar-refractivity contribution in [2.24, 2.45) is 0 Å². The summed E-state index contributed by atoms with van der Waals surface area (Å²) in [5.41, 5.74) is 4.56. The number of thioether (sulfide) groups is 1. The lowest BCUT2D eigenvalue weighted by Crippen LogP contribution is -2.36. The number of ketones is 1. The second-order valence-corrected chi connectivity index (χ2v) is 10.7. The summed E-state index contributed by atoms with van der Waals surface area (Å²) in [4.78, 5) is 26.8. The predicted octanol–water partition coefficient (Wildman–Crippen LogP) is 6.65. The maximum Gasteiger partial charge on any atom is 0.336 e. The van der Waals surface area contributed by atoms with E-state index >= 15 is 0 Å². The highest BCUT2D eigenvalue weighted by Gasteiger charge is 2.41. The summed E-state index contributed by atoms with van der Waals surface area (Å²) in [6, 6.07) is 15.0. The van der Waals surface area contributed by atoms with E-state index < -0.39 is 11.9 Å². The quantitative estimate of drug-likeness (QED) is 0.330. The van der Waals surface area contributed by atoms with E-state index in [1.165, 1.54) is 0 Å². The normalized spacial score (nSPS) is 20.2. The minimum atomic E-state index is -0.514. The smallest absolute Gasteiger partial charge is 0.336 e. The van der Waals surface area contributed by atoms with Crippen molar-refractivity contribution >= 4 is 46.7 Å². The summed E-state index contributed by atoms with van der Waals surface area (Å²) in [5, 5.41) is 4.61. The number of allylic oxidation sites excluding steroid dienone is 3. The van der Waals surface area contributed by atoms with Gasteiger partial charge in [0.15, 0.2) is 5.78 Å². The molecule has 0 bridgehead atoms. The van der Waals surface area contributed by atoms with Gasteiger partial charge in [-0.05, 0) is 60.4 Å². The molecule has 2 aromatic rings. The van der Waals surface area contributed by atoms with Crippen molar-refractivity contribution in [3.05, 3.63) is 92.2 Å². The Labute approximate surface area is 214 Å². The number of nitrogens with one attached hydrogen (secondary N) is 1. The van der Waals surface area contributed by atoms with Crippen LogP contribution in [0.15, 0.2) is 71.1 Å². The van der Waals surface area contributed by atoms with Crippen LogP contribution in [-0.2, 0) is 14.3 Å². The lowest BCUT2D eigenvalue weighted by molar-refractivity contribution is -0.138. The molecule has 4 nitrogen and oxygen atoms in total. The molecule has 0 radical (unpaired) electrons. The van der Waals surface area contributed by atoms with Gasteiger partial charge in [0.25, 0.3) is 0 Å². The van der Waals surface area contributed by atoms with Crippen molar-refractivity contribution in [1.82, 2.24) is 5.32 Å². The fourth-order valence-electron chi connectivity index (χ4n) is 4.72. The number of Topliss-reactive ketones (excluding diaryl/α,β-unsaturated/α-hetero) is 1. The zero-order valence-electron chi connectivity index (χ0n) is 19.2. The summed E-state index contributed by atoms with van der Waals surface area (Å²) in [7, 11) is 0. The Morgan fingerprint density at radius 3 is 2.56 bits per heavy atom. The summed E-state index contributed by atoms with van der Waals surface area (Å²) >= 11 is 14.1. The Kier molecular flexibility index (Phi) is 8.07. The van der Waals surface area contributed by atoms with Gasteiger partial charge >= 0.3 is 5.97 Å². The van der Waals surface area contributed by atoms with Crippen molar-refractivity contribution in [3.8, 4) is 0 Å². The molecule has 1 N–H and O–H groups in total. The summed E-state index contributed by atoms with van der Waals surface area (Å²) in [6.45, 7) is 4.27. The maximum absolute atomic E-state index is 13.6. The van der Waals surface area contributed by atoms with Crippen molar-refractivity contribution in [2.75, 3.05) is 18.1 Å². The first-order valence-corrected chi connectivity index (χ1v) is 13.3. The highest BCUT2D eigenvalue weighted by Crippen LogP contribution is 2.46. The molecule has 178 valence electrons. The number of carbonyl (C=O) groups is 2. The van der Waals surface area contributed by atoms with Gasteiger partial charge in [-0.25, -0.2) is 4.79 Å². The van der Waals surface area contributed by atoms with E-state index in [2.05, 4.69) is 12.2 Å². The van der Waals surface area contributed by atoms with Gasteiger partial charge in [-0.1, -0.05) is 54.4 Å². The molecule has 0 unspecified atom stereocenters. The molecule has 0 fully saturated rings. The molecule has 2 aromatic carbocycles. The highest BCUT2D eigenvalue weighted by molar-refractivity contribution is 7.99. The fourth-order valence-corrected chi connectivity index (χ4v) is 5.53. The van der Waals surface area contributed by atoms with Crippen LogP contribution >= 0.6 is 35.0 Å². The largest absolute Gasteiger partial charge is 0.461 e. The van der Waals surface area contributed by atoms with Crippen LogP contribution in [0, 0.1) is 0 Å². The number of benzene rings is 2. The Hall–Kier alpha value is -2.21. The van der Waals surface area contributed by atoms with Crippen LogP contribution in [0.1, 0.15) is 49.7 Å². The van der Waals surface area contributed by atoms with E-state index in [0.29, 0.717) is 46.3 Å². The third-order valence-corrected chi connectivity index (χ3v) is 7.59. The van der Waals surface area contributed by atoms with Gasteiger partial charge in [0.2, 0.25) is 0 Å². The summed E-state index contributed by atoms with van der Waals surface area (Å²) < 4.78 is 5.62. The SMILES string of the molecule is CCSCCOC(=O)C1=C(C)NC2=C(C(=O)C[C@H](c3ccc(Cl)cc3)C2)[C@H]1c1cccc(Cl)c1. The Morgan fingerprint density at radius 1 is 1.09 bits per heavy atom. The third kappa shape index (κ3) is 5.37. The average molecular weight is 516 g/mol. The molecule has 1 aliphatic carbocycles. The first-order chi connectivity index (χ1) is 16.4. The van der Waals surface area contributed by atoms with Gasteiger partial charge in [-0.3, -0.25) is 4.79 Å². The van der Waals surface area contributed by atoms with Gasteiger partial charge in [0, 0.05) is 45.1 Å². The van der Waals surface area contributed by atoms with Crippen LogP contribution in [-0.4, -0.2) is 29.9 Å². The van der Waals surface area contributed by atoms with Crippen LogP contribution in [0.4, 0.5) is 0 Å². The Bertz CT molecular complexity index is 1160. The van der Waals surface area contributed by atoms with E-state index in [1.54, 1.807) is 17.8 Å². The van der Waals surface area contributed by atoms with E-state index in [9.17, 15) is 9.59 Å². The number of carbonyl (C=O) groups excluding carboxylic acids is 2. The number of ether oxygens (including phenoxy) is 1. The Balaban J connectivity index is 1.71. The zero-order chi connectivity index (χ0) is 24.2. The molecule has 34 heavy (non-hydrogen) atoms. The van der Waals surface area contributed by atoms with E-state index in [4.69, 9.17) is 27.9 Å².